The first-order chi connectivity index (χ1) is 6.25. The Labute approximate surface area is 76.3 Å². The Morgan fingerprint density at radius 1 is 1.29 bits per heavy atom. The molecule has 0 aromatic carbocycles. The van der Waals surface area contributed by atoms with Crippen molar-refractivity contribution in [3.8, 4) is 0 Å². The number of hydrogen-bond acceptors (Lipinski definition) is 5. The third kappa shape index (κ3) is 1.39. The van der Waals surface area contributed by atoms with Crippen LogP contribution in [0.5, 0.6) is 0 Å². The van der Waals surface area contributed by atoms with Gasteiger partial charge in [0, 0.05) is 0 Å². The van der Waals surface area contributed by atoms with Gasteiger partial charge in [-0.15, -0.1) is 0 Å². The van der Waals surface area contributed by atoms with Crippen LogP contribution in [0.1, 0.15) is 0 Å². The van der Waals surface area contributed by atoms with Crippen LogP contribution in [0.15, 0.2) is 0 Å². The van der Waals surface area contributed by atoms with Crippen molar-refractivity contribution in [2.75, 3.05) is 6.61 Å². The summed E-state index contributed by atoms with van der Waals surface area (Å²) in [4.78, 5) is 0. The van der Waals surface area contributed by atoms with Gasteiger partial charge in [-0.25, -0.2) is 0 Å². The van der Waals surface area contributed by atoms with Crippen LogP contribution in [0.25, 0.3) is 0 Å². The second kappa shape index (κ2) is 3.31. The highest BCUT2D eigenvalue weighted by Crippen LogP contribution is 2.42. The van der Waals surface area contributed by atoms with E-state index in [9.17, 15) is 13.2 Å². The maximum absolute atomic E-state index is 12.2. The van der Waals surface area contributed by atoms with Gasteiger partial charge in [-0.1, -0.05) is 0 Å². The van der Waals surface area contributed by atoms with Gasteiger partial charge in [-0.05, 0) is 0 Å². The molecular formula is C6H9F3O5. The van der Waals surface area contributed by atoms with Gasteiger partial charge in [-0.3, -0.25) is 0 Å². The van der Waals surface area contributed by atoms with Crippen LogP contribution >= 0.6 is 0 Å². The van der Waals surface area contributed by atoms with Crippen LogP contribution in [-0.2, 0) is 4.74 Å². The minimum atomic E-state index is -5.24. The number of aliphatic hydroxyl groups is 4. The summed E-state index contributed by atoms with van der Waals surface area (Å²) >= 11 is 0. The molecule has 1 aliphatic heterocycles. The molecule has 5 nitrogen and oxygen atoms in total. The normalized spacial score (nSPS) is 44.4. The minimum absolute atomic E-state index is 0.934. The van der Waals surface area contributed by atoms with Crippen molar-refractivity contribution in [3.63, 3.8) is 0 Å². The summed E-state index contributed by atoms with van der Waals surface area (Å²) in [5.41, 5.74) is -3.75. The highest BCUT2D eigenvalue weighted by molar-refractivity contribution is 5.04. The number of aliphatic hydroxyl groups excluding tert-OH is 3. The fourth-order valence-corrected chi connectivity index (χ4v) is 1.22. The average molecular weight is 218 g/mol. The van der Waals surface area contributed by atoms with E-state index in [4.69, 9.17) is 20.4 Å². The average Bonchev–Trinajstić information content (AvgIpc) is 2.29. The first kappa shape index (κ1) is 11.7. The van der Waals surface area contributed by atoms with Gasteiger partial charge in [0.25, 0.3) is 0 Å². The lowest BCUT2D eigenvalue weighted by atomic mass is 9.95. The van der Waals surface area contributed by atoms with Crippen LogP contribution < -0.4 is 0 Å². The van der Waals surface area contributed by atoms with E-state index in [0.29, 0.717) is 0 Å². The van der Waals surface area contributed by atoms with E-state index in [1.165, 1.54) is 0 Å². The standard InChI is InChI=1S/C6H9F3O5/c7-6(8,9)5(13)3(11)2(1-10)14-4(5)12/h2-4,10-13H,1H2/t2-,3-,4-,5+/m1/s1. The molecule has 0 spiro atoms. The fourth-order valence-electron chi connectivity index (χ4n) is 1.22. The molecule has 0 saturated carbocycles. The van der Waals surface area contributed by atoms with Gasteiger partial charge < -0.3 is 25.2 Å². The van der Waals surface area contributed by atoms with E-state index in [1.807, 2.05) is 0 Å². The molecule has 14 heavy (non-hydrogen) atoms. The molecule has 1 heterocycles. The molecular weight excluding hydrogens is 209 g/mol. The zero-order valence-electron chi connectivity index (χ0n) is 6.77. The third-order valence-corrected chi connectivity index (χ3v) is 2.12. The maximum Gasteiger partial charge on any atom is 0.424 e. The SMILES string of the molecule is OC[C@H]1O[C@@H](O)[C@](O)(C(F)(F)F)[C@@H]1O. The molecule has 4 atom stereocenters. The van der Waals surface area contributed by atoms with Crippen LogP contribution in [0.4, 0.5) is 13.2 Å². The Morgan fingerprint density at radius 3 is 2.00 bits per heavy atom. The quantitative estimate of drug-likeness (QED) is 0.423. The Hall–Kier alpha value is -0.410. The van der Waals surface area contributed by atoms with Gasteiger partial charge in [0.1, 0.15) is 12.2 Å². The van der Waals surface area contributed by atoms with Gasteiger partial charge in [0.2, 0.25) is 5.60 Å². The minimum Gasteiger partial charge on any atom is -0.394 e. The first-order valence-corrected chi connectivity index (χ1v) is 3.66. The van der Waals surface area contributed by atoms with E-state index in [2.05, 4.69) is 4.74 Å². The summed E-state index contributed by atoms with van der Waals surface area (Å²) in [7, 11) is 0. The molecule has 0 unspecified atom stereocenters. The fraction of sp³-hybridized carbons (Fsp3) is 1.00. The highest BCUT2D eigenvalue weighted by atomic mass is 19.4. The van der Waals surface area contributed by atoms with Crippen molar-refractivity contribution in [1.82, 2.24) is 0 Å². The molecule has 0 radical (unpaired) electrons. The van der Waals surface area contributed by atoms with Crippen LogP contribution in [0.3, 0.4) is 0 Å². The van der Waals surface area contributed by atoms with Crippen LogP contribution in [0, 0.1) is 0 Å². The molecule has 1 aliphatic rings. The Bertz CT molecular complexity index is 220. The van der Waals surface area contributed by atoms with Crippen LogP contribution in [0.2, 0.25) is 0 Å². The lowest BCUT2D eigenvalue weighted by Crippen LogP contribution is -2.59. The number of alkyl halides is 3. The largest absolute Gasteiger partial charge is 0.424 e. The molecule has 8 heteroatoms. The van der Waals surface area contributed by atoms with Gasteiger partial charge in [0.15, 0.2) is 6.29 Å². The molecule has 1 fully saturated rings. The van der Waals surface area contributed by atoms with Crippen molar-refractivity contribution in [2.24, 2.45) is 0 Å². The lowest BCUT2D eigenvalue weighted by Gasteiger charge is -2.30. The molecule has 0 aliphatic carbocycles. The van der Waals surface area contributed by atoms with Gasteiger partial charge >= 0.3 is 6.18 Å². The zero-order chi connectivity index (χ0) is 11.1. The predicted molar refractivity (Wildman–Crippen MR) is 35.0 cm³/mol. The first-order valence-electron chi connectivity index (χ1n) is 3.66. The van der Waals surface area contributed by atoms with Crippen molar-refractivity contribution in [3.05, 3.63) is 0 Å². The molecule has 0 aromatic rings. The van der Waals surface area contributed by atoms with Crippen molar-refractivity contribution >= 4 is 0 Å². The summed E-state index contributed by atoms with van der Waals surface area (Å²) < 4.78 is 40.8. The van der Waals surface area contributed by atoms with E-state index in [-0.39, 0.29) is 0 Å². The van der Waals surface area contributed by atoms with E-state index in [0.717, 1.165) is 0 Å². The summed E-state index contributed by atoms with van der Waals surface area (Å²) in [6, 6.07) is 0. The molecule has 0 aromatic heterocycles. The molecule has 4 N–H and O–H groups in total. The second-order valence-electron chi connectivity index (χ2n) is 2.98. The topological polar surface area (TPSA) is 90.2 Å². The smallest absolute Gasteiger partial charge is 0.394 e. The Kier molecular flexibility index (Phi) is 2.76. The monoisotopic (exact) mass is 218 g/mol. The summed E-state index contributed by atoms with van der Waals surface area (Å²) in [5, 5.41) is 35.3. The number of rotatable bonds is 1. The maximum atomic E-state index is 12.2. The third-order valence-electron chi connectivity index (χ3n) is 2.12. The van der Waals surface area contributed by atoms with Crippen molar-refractivity contribution in [2.45, 2.75) is 30.3 Å². The number of hydrogen-bond donors (Lipinski definition) is 4. The zero-order valence-corrected chi connectivity index (χ0v) is 6.77. The number of halogens is 3. The molecule has 1 saturated heterocycles. The number of ether oxygens (including phenoxy) is 1. The summed E-state index contributed by atoms with van der Waals surface area (Å²) in [6.45, 7) is -0.934. The predicted octanol–water partition coefficient (Wildman–Crippen LogP) is -1.65. The Morgan fingerprint density at radius 2 is 1.79 bits per heavy atom. The van der Waals surface area contributed by atoms with Crippen LogP contribution in [-0.4, -0.2) is 57.3 Å². The Balaban J connectivity index is 2.99. The summed E-state index contributed by atoms with van der Waals surface area (Å²) in [6.07, 6.45) is -11.9. The van der Waals surface area contributed by atoms with Crippen molar-refractivity contribution < 1.29 is 38.3 Å². The van der Waals surface area contributed by atoms with Gasteiger partial charge in [0.05, 0.1) is 6.61 Å². The second-order valence-corrected chi connectivity index (χ2v) is 2.98. The molecule has 0 bridgehead atoms. The lowest BCUT2D eigenvalue weighted by molar-refractivity contribution is -0.322. The van der Waals surface area contributed by atoms with Gasteiger partial charge in [-0.2, -0.15) is 13.2 Å². The molecule has 0 amide bonds. The molecule has 1 rings (SSSR count). The summed E-state index contributed by atoms with van der Waals surface area (Å²) in [5.74, 6) is 0. The van der Waals surface area contributed by atoms with Crippen molar-refractivity contribution in [1.29, 1.82) is 0 Å². The highest BCUT2D eigenvalue weighted by Gasteiger charge is 2.69. The van der Waals surface area contributed by atoms with E-state index >= 15 is 0 Å². The van der Waals surface area contributed by atoms with E-state index < -0.39 is 36.9 Å². The van der Waals surface area contributed by atoms with E-state index in [1.54, 1.807) is 0 Å². The molecule has 84 valence electrons.